The molecule has 3 heterocycles. The van der Waals surface area contributed by atoms with Gasteiger partial charge in [-0.2, -0.15) is 10.1 Å². The van der Waals surface area contributed by atoms with Crippen molar-refractivity contribution in [2.45, 2.75) is 38.6 Å². The molecular formula is C21H24N8O6. The van der Waals surface area contributed by atoms with Crippen molar-refractivity contribution in [3.8, 4) is 11.3 Å². The molecule has 0 aliphatic carbocycles. The van der Waals surface area contributed by atoms with Crippen molar-refractivity contribution >= 4 is 39.9 Å². The molecule has 4 N–H and O–H groups in total. The first-order chi connectivity index (χ1) is 16.9. The summed E-state index contributed by atoms with van der Waals surface area (Å²) in [6.45, 7) is 0.708. The van der Waals surface area contributed by atoms with Gasteiger partial charge in [0.1, 0.15) is 23.4 Å². The fraction of sp³-hybridized carbons (Fsp3) is 0.381. The van der Waals surface area contributed by atoms with Gasteiger partial charge in [0.2, 0.25) is 0 Å². The molecule has 0 aliphatic heterocycles. The lowest BCUT2D eigenvalue weighted by Gasteiger charge is -2.05. The molecule has 0 saturated heterocycles. The van der Waals surface area contributed by atoms with Crippen LogP contribution in [-0.4, -0.2) is 49.0 Å². The van der Waals surface area contributed by atoms with Crippen molar-refractivity contribution < 1.29 is 23.9 Å². The Morgan fingerprint density at radius 3 is 2.80 bits per heavy atom. The number of carbonyl (C=O) groups is 1. The number of esters is 1. The second kappa shape index (κ2) is 10.6. The Balaban J connectivity index is 1.36. The topological polar surface area (TPSA) is 200 Å². The van der Waals surface area contributed by atoms with Crippen molar-refractivity contribution in [3.63, 3.8) is 0 Å². The van der Waals surface area contributed by atoms with Gasteiger partial charge in [-0.05, 0) is 43.9 Å². The second-order valence-electron chi connectivity index (χ2n) is 7.71. The number of nitrogen functional groups attached to an aromatic ring is 2. The zero-order valence-electron chi connectivity index (χ0n) is 18.8. The number of aryl methyl sites for hydroxylation is 1. The highest BCUT2D eigenvalue weighted by Crippen LogP contribution is 2.32. The molecule has 0 fully saturated rings. The van der Waals surface area contributed by atoms with Crippen molar-refractivity contribution in [2.24, 2.45) is 0 Å². The lowest BCUT2D eigenvalue weighted by molar-refractivity contribution is -0.757. The molecule has 0 amide bonds. The van der Waals surface area contributed by atoms with Gasteiger partial charge in [0, 0.05) is 18.5 Å². The van der Waals surface area contributed by atoms with E-state index in [1.807, 2.05) is 6.07 Å². The quantitative estimate of drug-likeness (QED) is 0.129. The summed E-state index contributed by atoms with van der Waals surface area (Å²) in [5.74, 6) is -0.0366. The average Bonchev–Trinajstić information content (AvgIpc) is 3.38. The lowest BCUT2D eigenvalue weighted by atomic mass is 10.1. The number of benzene rings is 1. The van der Waals surface area contributed by atoms with E-state index in [-0.39, 0.29) is 31.6 Å². The van der Waals surface area contributed by atoms with Crippen LogP contribution in [0.4, 0.5) is 11.8 Å². The maximum absolute atomic E-state index is 12.0. The Labute approximate surface area is 198 Å². The SMILES string of the molecule is Nc1nc2cc(-c3nn(CCCC(=O)OCCCCCO[N+](=O)[O-])c4ncnc(N)c34)ccc2o1. The van der Waals surface area contributed by atoms with Crippen LogP contribution in [0.1, 0.15) is 32.1 Å². The van der Waals surface area contributed by atoms with E-state index in [0.717, 1.165) is 5.56 Å². The van der Waals surface area contributed by atoms with Crippen LogP contribution in [-0.2, 0) is 20.9 Å². The van der Waals surface area contributed by atoms with Gasteiger partial charge in [0.05, 0.1) is 18.6 Å². The smallest absolute Gasteiger partial charge is 0.305 e. The van der Waals surface area contributed by atoms with E-state index in [0.29, 0.717) is 65.9 Å². The van der Waals surface area contributed by atoms with E-state index in [9.17, 15) is 14.9 Å². The van der Waals surface area contributed by atoms with Gasteiger partial charge in [-0.15, -0.1) is 10.1 Å². The molecule has 0 bridgehead atoms. The first-order valence-corrected chi connectivity index (χ1v) is 11.0. The minimum Gasteiger partial charge on any atom is -0.466 e. The fourth-order valence-corrected chi connectivity index (χ4v) is 3.63. The average molecular weight is 484 g/mol. The third-order valence-corrected chi connectivity index (χ3v) is 5.24. The normalized spacial score (nSPS) is 11.2. The molecule has 14 nitrogen and oxygen atoms in total. The highest BCUT2D eigenvalue weighted by atomic mass is 16.9. The first-order valence-electron chi connectivity index (χ1n) is 11.0. The molecule has 0 saturated carbocycles. The van der Waals surface area contributed by atoms with Crippen LogP contribution in [0.15, 0.2) is 28.9 Å². The summed E-state index contributed by atoms with van der Waals surface area (Å²) in [7, 11) is 0. The number of nitrogens with zero attached hydrogens (tertiary/aromatic N) is 6. The van der Waals surface area contributed by atoms with Crippen LogP contribution in [0.5, 0.6) is 0 Å². The minimum atomic E-state index is -0.822. The van der Waals surface area contributed by atoms with Gasteiger partial charge >= 0.3 is 5.97 Å². The lowest BCUT2D eigenvalue weighted by Crippen LogP contribution is -2.09. The summed E-state index contributed by atoms with van der Waals surface area (Å²) >= 11 is 0. The van der Waals surface area contributed by atoms with E-state index in [1.54, 1.807) is 16.8 Å². The Bertz CT molecular complexity index is 1350. The van der Waals surface area contributed by atoms with E-state index >= 15 is 0 Å². The zero-order valence-corrected chi connectivity index (χ0v) is 18.8. The third-order valence-electron chi connectivity index (χ3n) is 5.24. The Morgan fingerprint density at radius 2 is 1.97 bits per heavy atom. The molecule has 0 aliphatic rings. The van der Waals surface area contributed by atoms with Crippen LogP contribution in [0.3, 0.4) is 0 Å². The van der Waals surface area contributed by atoms with Crippen LogP contribution >= 0.6 is 0 Å². The van der Waals surface area contributed by atoms with Crippen LogP contribution in [0.25, 0.3) is 33.4 Å². The largest absolute Gasteiger partial charge is 0.466 e. The number of unbranched alkanes of at least 4 members (excludes halogenated alkanes) is 2. The number of nitrogens with two attached hydrogens (primary N) is 2. The Morgan fingerprint density at radius 1 is 1.14 bits per heavy atom. The van der Waals surface area contributed by atoms with Gasteiger partial charge in [0.25, 0.3) is 11.1 Å². The number of rotatable bonds is 12. The maximum atomic E-state index is 12.0. The number of fused-ring (bicyclic) bond motifs is 2. The van der Waals surface area contributed by atoms with Gasteiger partial charge in [0.15, 0.2) is 11.2 Å². The predicted octanol–water partition coefficient (Wildman–Crippen LogP) is 2.50. The van der Waals surface area contributed by atoms with Crippen LogP contribution in [0.2, 0.25) is 0 Å². The molecular weight excluding hydrogens is 460 g/mol. The second-order valence-corrected chi connectivity index (χ2v) is 7.71. The van der Waals surface area contributed by atoms with E-state index in [2.05, 4.69) is 24.9 Å². The van der Waals surface area contributed by atoms with Crippen LogP contribution < -0.4 is 11.5 Å². The van der Waals surface area contributed by atoms with Gasteiger partial charge < -0.3 is 25.5 Å². The van der Waals surface area contributed by atoms with E-state index in [4.69, 9.17) is 20.6 Å². The maximum Gasteiger partial charge on any atom is 0.305 e. The highest BCUT2D eigenvalue weighted by molar-refractivity contribution is 5.99. The zero-order chi connectivity index (χ0) is 24.8. The Hall–Kier alpha value is -4.49. The van der Waals surface area contributed by atoms with Crippen molar-refractivity contribution in [1.29, 1.82) is 0 Å². The molecule has 184 valence electrons. The molecule has 14 heteroatoms. The number of hydrogen-bond donors (Lipinski definition) is 2. The van der Waals surface area contributed by atoms with Gasteiger partial charge in [-0.3, -0.25) is 4.79 Å². The van der Waals surface area contributed by atoms with Crippen molar-refractivity contribution in [1.82, 2.24) is 24.7 Å². The number of oxazole rings is 1. The summed E-state index contributed by atoms with van der Waals surface area (Å²) in [5.41, 5.74) is 14.8. The predicted molar refractivity (Wildman–Crippen MR) is 124 cm³/mol. The molecule has 0 unspecified atom stereocenters. The van der Waals surface area contributed by atoms with Crippen molar-refractivity contribution in [2.75, 3.05) is 24.7 Å². The van der Waals surface area contributed by atoms with E-state index < -0.39 is 5.09 Å². The molecule has 0 radical (unpaired) electrons. The number of carbonyl (C=O) groups excluding carboxylic acids is 1. The summed E-state index contributed by atoms with van der Waals surface area (Å²) in [4.78, 5) is 38.9. The van der Waals surface area contributed by atoms with Gasteiger partial charge in [-0.25, -0.2) is 14.6 Å². The summed E-state index contributed by atoms with van der Waals surface area (Å²) in [5, 5.41) is 14.5. The Kier molecular flexibility index (Phi) is 7.18. The van der Waals surface area contributed by atoms with Crippen molar-refractivity contribution in [3.05, 3.63) is 34.6 Å². The molecule has 3 aromatic heterocycles. The van der Waals surface area contributed by atoms with E-state index in [1.165, 1.54) is 6.33 Å². The third kappa shape index (κ3) is 5.72. The number of ether oxygens (including phenoxy) is 1. The number of aromatic nitrogens is 5. The van der Waals surface area contributed by atoms with Gasteiger partial charge in [-0.1, -0.05) is 0 Å². The molecule has 0 spiro atoms. The summed E-state index contributed by atoms with van der Waals surface area (Å²) in [6, 6.07) is 5.46. The summed E-state index contributed by atoms with van der Waals surface area (Å²) in [6.07, 6.45) is 3.84. The molecule has 4 rings (SSSR count). The molecule has 35 heavy (non-hydrogen) atoms. The monoisotopic (exact) mass is 484 g/mol. The highest BCUT2D eigenvalue weighted by Gasteiger charge is 2.18. The number of anilines is 2. The minimum absolute atomic E-state index is 0.0370. The number of hydrogen-bond acceptors (Lipinski definition) is 12. The standard InChI is InChI=1S/C21H24N8O6/c22-19-17-18(13-6-7-15-14(11-13)26-21(23)35-15)27-28(20(17)25-12-24-19)8-4-5-16(30)33-9-2-1-3-10-34-29(31)32/h6-7,11-12H,1-5,8-10H2,(H2,23,26)(H2,22,24,25). The van der Waals surface area contributed by atoms with Crippen LogP contribution in [0, 0.1) is 10.1 Å². The molecule has 4 aromatic rings. The fourth-order valence-electron chi connectivity index (χ4n) is 3.63. The first kappa shape index (κ1) is 23.7. The molecule has 0 atom stereocenters. The molecule has 1 aromatic carbocycles. The summed E-state index contributed by atoms with van der Waals surface area (Å²) < 4.78 is 12.2.